The van der Waals surface area contributed by atoms with Crippen molar-refractivity contribution in [2.45, 2.75) is 40.2 Å². The second kappa shape index (κ2) is 6.41. The van der Waals surface area contributed by atoms with Gasteiger partial charge in [-0.05, 0) is 51.3 Å². The highest BCUT2D eigenvalue weighted by Gasteiger charge is 2.14. The van der Waals surface area contributed by atoms with Crippen LogP contribution in [0.4, 0.5) is 4.79 Å². The molecule has 1 aromatic rings. The number of carbonyl (C=O) groups excluding carboxylic acids is 1. The Morgan fingerprint density at radius 2 is 2.00 bits per heavy atom. The molecule has 0 unspecified atom stereocenters. The molecule has 1 N–H and O–H groups in total. The summed E-state index contributed by atoms with van der Waals surface area (Å²) in [5, 5.41) is 2.70. The van der Waals surface area contributed by atoms with Gasteiger partial charge < -0.3 is 10.1 Å². The summed E-state index contributed by atoms with van der Waals surface area (Å²) in [7, 11) is 0. The summed E-state index contributed by atoms with van der Waals surface area (Å²) < 4.78 is 5.15. The van der Waals surface area contributed by atoms with Gasteiger partial charge in [-0.15, -0.1) is 0 Å². The Bertz CT molecular complexity index is 470. The first kappa shape index (κ1) is 15.3. The number of rotatable bonds is 3. The predicted octanol–water partition coefficient (Wildman–Crippen LogP) is 3.84. The first-order valence-electron chi connectivity index (χ1n) is 6.49. The number of hydrogen-bond donors (Lipinski definition) is 1. The van der Waals surface area contributed by atoms with E-state index >= 15 is 0 Å². The molecular weight excluding hydrogens is 238 g/mol. The molecule has 0 heterocycles. The van der Waals surface area contributed by atoms with Crippen LogP contribution in [0, 0.1) is 13.8 Å². The highest BCUT2D eigenvalue weighted by atomic mass is 16.6. The summed E-state index contributed by atoms with van der Waals surface area (Å²) >= 11 is 0. The van der Waals surface area contributed by atoms with Crippen molar-refractivity contribution in [2.75, 3.05) is 6.54 Å². The summed E-state index contributed by atoms with van der Waals surface area (Å²) in [5.74, 6) is 0. The standard InChI is InChI=1S/C16H23NO2/c1-12-8-6-9-14(13(12)2)10-7-11-17-15(18)19-16(3,4)5/h6-10H,11H2,1-5H3,(H,17,18). The van der Waals surface area contributed by atoms with E-state index in [9.17, 15) is 4.79 Å². The summed E-state index contributed by atoms with van der Waals surface area (Å²) in [6, 6.07) is 6.18. The molecule has 0 aliphatic rings. The lowest BCUT2D eigenvalue weighted by Gasteiger charge is -2.19. The molecule has 0 radical (unpaired) electrons. The Hall–Kier alpha value is -1.77. The highest BCUT2D eigenvalue weighted by Crippen LogP contribution is 2.13. The van der Waals surface area contributed by atoms with Crippen molar-refractivity contribution in [1.82, 2.24) is 5.32 Å². The molecule has 3 nitrogen and oxygen atoms in total. The zero-order valence-corrected chi connectivity index (χ0v) is 12.4. The number of benzene rings is 1. The zero-order valence-electron chi connectivity index (χ0n) is 12.4. The molecule has 104 valence electrons. The molecule has 0 atom stereocenters. The molecule has 0 spiro atoms. The van der Waals surface area contributed by atoms with Crippen LogP contribution in [0.25, 0.3) is 6.08 Å². The van der Waals surface area contributed by atoms with Crippen LogP contribution in [-0.2, 0) is 4.74 Å². The molecule has 1 amide bonds. The summed E-state index contributed by atoms with van der Waals surface area (Å²) in [6.45, 7) is 10.2. The second-order valence-electron chi connectivity index (χ2n) is 5.57. The van der Waals surface area contributed by atoms with E-state index in [1.165, 1.54) is 16.7 Å². The average molecular weight is 261 g/mol. The third-order valence-corrected chi connectivity index (χ3v) is 2.71. The molecule has 0 aromatic heterocycles. The number of ether oxygens (including phenoxy) is 1. The van der Waals surface area contributed by atoms with Crippen molar-refractivity contribution in [3.63, 3.8) is 0 Å². The first-order chi connectivity index (χ1) is 8.79. The summed E-state index contributed by atoms with van der Waals surface area (Å²) in [6.07, 6.45) is 3.55. The fourth-order valence-electron chi connectivity index (χ4n) is 1.60. The van der Waals surface area contributed by atoms with E-state index in [1.807, 2.05) is 39.0 Å². The van der Waals surface area contributed by atoms with Gasteiger partial charge in [-0.2, -0.15) is 0 Å². The normalized spacial score (nSPS) is 11.6. The highest BCUT2D eigenvalue weighted by molar-refractivity contribution is 5.68. The lowest BCUT2D eigenvalue weighted by Crippen LogP contribution is -2.32. The minimum Gasteiger partial charge on any atom is -0.444 e. The molecular formula is C16H23NO2. The van der Waals surface area contributed by atoms with Crippen molar-refractivity contribution in [2.24, 2.45) is 0 Å². The smallest absolute Gasteiger partial charge is 0.407 e. The molecule has 0 fully saturated rings. The molecule has 0 aliphatic heterocycles. The molecule has 3 heteroatoms. The Kier molecular flexibility index (Phi) is 5.16. The number of alkyl carbamates (subject to hydrolysis) is 1. The average Bonchev–Trinajstić information content (AvgIpc) is 2.27. The Balaban J connectivity index is 2.47. The monoisotopic (exact) mass is 261 g/mol. The van der Waals surface area contributed by atoms with Gasteiger partial charge in [0.2, 0.25) is 0 Å². The fourth-order valence-corrected chi connectivity index (χ4v) is 1.60. The van der Waals surface area contributed by atoms with Gasteiger partial charge in [0.25, 0.3) is 0 Å². The number of hydrogen-bond acceptors (Lipinski definition) is 2. The SMILES string of the molecule is Cc1cccc(C=CCNC(=O)OC(C)(C)C)c1C. The van der Waals surface area contributed by atoms with Gasteiger partial charge in [-0.1, -0.05) is 30.4 Å². The third kappa shape index (κ3) is 5.60. The van der Waals surface area contributed by atoms with E-state index in [1.54, 1.807) is 0 Å². The lowest BCUT2D eigenvalue weighted by molar-refractivity contribution is 0.0534. The van der Waals surface area contributed by atoms with Gasteiger partial charge in [-0.3, -0.25) is 0 Å². The molecule has 0 aliphatic carbocycles. The van der Waals surface area contributed by atoms with Crippen LogP contribution < -0.4 is 5.32 Å². The van der Waals surface area contributed by atoms with Crippen molar-refractivity contribution >= 4 is 12.2 Å². The van der Waals surface area contributed by atoms with E-state index in [0.29, 0.717) is 6.54 Å². The van der Waals surface area contributed by atoms with Crippen molar-refractivity contribution in [1.29, 1.82) is 0 Å². The summed E-state index contributed by atoms with van der Waals surface area (Å²) in [4.78, 5) is 11.4. The first-order valence-corrected chi connectivity index (χ1v) is 6.49. The minimum absolute atomic E-state index is 0.391. The largest absolute Gasteiger partial charge is 0.444 e. The van der Waals surface area contributed by atoms with E-state index in [2.05, 4.69) is 31.3 Å². The Morgan fingerprint density at radius 1 is 1.32 bits per heavy atom. The predicted molar refractivity (Wildman–Crippen MR) is 79.2 cm³/mol. The van der Waals surface area contributed by atoms with E-state index in [4.69, 9.17) is 4.74 Å². The molecule has 0 saturated heterocycles. The maximum atomic E-state index is 11.4. The van der Waals surface area contributed by atoms with Gasteiger partial charge in [0.1, 0.15) is 5.60 Å². The quantitative estimate of drug-likeness (QED) is 0.897. The van der Waals surface area contributed by atoms with Gasteiger partial charge in [0.15, 0.2) is 0 Å². The molecule has 1 aromatic carbocycles. The van der Waals surface area contributed by atoms with Crippen molar-refractivity contribution in [3.8, 4) is 0 Å². The van der Waals surface area contributed by atoms with E-state index in [0.717, 1.165) is 0 Å². The Morgan fingerprint density at radius 3 is 2.63 bits per heavy atom. The summed E-state index contributed by atoms with van der Waals surface area (Å²) in [5.41, 5.74) is 3.24. The fraction of sp³-hybridized carbons (Fsp3) is 0.438. The number of amides is 1. The Labute approximate surface area is 115 Å². The molecule has 1 rings (SSSR count). The van der Waals surface area contributed by atoms with Crippen molar-refractivity contribution in [3.05, 3.63) is 41.0 Å². The zero-order chi connectivity index (χ0) is 14.5. The molecule has 0 bridgehead atoms. The van der Waals surface area contributed by atoms with E-state index in [-0.39, 0.29) is 0 Å². The topological polar surface area (TPSA) is 38.3 Å². The van der Waals surface area contributed by atoms with Gasteiger partial charge >= 0.3 is 6.09 Å². The van der Waals surface area contributed by atoms with Crippen LogP contribution in [0.2, 0.25) is 0 Å². The third-order valence-electron chi connectivity index (χ3n) is 2.71. The molecule has 19 heavy (non-hydrogen) atoms. The van der Waals surface area contributed by atoms with Gasteiger partial charge in [0.05, 0.1) is 0 Å². The second-order valence-corrected chi connectivity index (χ2v) is 5.57. The maximum Gasteiger partial charge on any atom is 0.407 e. The van der Waals surface area contributed by atoms with Crippen LogP contribution in [0.1, 0.15) is 37.5 Å². The maximum absolute atomic E-state index is 11.4. The molecule has 0 saturated carbocycles. The minimum atomic E-state index is -0.457. The number of carbonyl (C=O) groups is 1. The van der Waals surface area contributed by atoms with E-state index < -0.39 is 11.7 Å². The van der Waals surface area contributed by atoms with Crippen LogP contribution >= 0.6 is 0 Å². The van der Waals surface area contributed by atoms with Crippen LogP contribution in [0.15, 0.2) is 24.3 Å². The van der Waals surface area contributed by atoms with Gasteiger partial charge in [-0.25, -0.2) is 4.79 Å². The van der Waals surface area contributed by atoms with Crippen LogP contribution in [-0.4, -0.2) is 18.2 Å². The lowest BCUT2D eigenvalue weighted by atomic mass is 10.0. The van der Waals surface area contributed by atoms with Crippen LogP contribution in [0.5, 0.6) is 0 Å². The van der Waals surface area contributed by atoms with Crippen LogP contribution in [0.3, 0.4) is 0 Å². The number of aryl methyl sites for hydroxylation is 1. The van der Waals surface area contributed by atoms with Gasteiger partial charge in [0, 0.05) is 6.54 Å². The van der Waals surface area contributed by atoms with Crippen molar-refractivity contribution < 1.29 is 9.53 Å². The number of nitrogens with one attached hydrogen (secondary N) is 1.